The summed E-state index contributed by atoms with van der Waals surface area (Å²) in [5, 5.41) is 5.99. The van der Waals surface area contributed by atoms with Crippen molar-refractivity contribution in [3.63, 3.8) is 0 Å². The van der Waals surface area contributed by atoms with Crippen LogP contribution in [0.15, 0.2) is 47.5 Å². The largest absolute Gasteiger partial charge is 0.489 e. The van der Waals surface area contributed by atoms with Crippen LogP contribution in [0.2, 0.25) is 5.02 Å². The molecule has 1 aromatic heterocycles. The highest BCUT2D eigenvalue weighted by atomic mass is 35.5. The molecule has 1 saturated heterocycles. The Balaban J connectivity index is 1.60. The van der Waals surface area contributed by atoms with Crippen molar-refractivity contribution < 1.29 is 26.7 Å². The Kier molecular flexibility index (Phi) is 10.8. The van der Waals surface area contributed by atoms with Gasteiger partial charge in [-0.15, -0.1) is 0 Å². The maximum atomic E-state index is 13.3. The first-order valence-corrected chi connectivity index (χ1v) is 16.1. The molecule has 0 saturated carbocycles. The van der Waals surface area contributed by atoms with Gasteiger partial charge < -0.3 is 20.2 Å². The van der Waals surface area contributed by atoms with E-state index in [1.165, 1.54) is 24.4 Å². The van der Waals surface area contributed by atoms with Crippen molar-refractivity contribution >= 4 is 50.9 Å². The summed E-state index contributed by atoms with van der Waals surface area (Å²) in [6, 6.07) is 9.29. The van der Waals surface area contributed by atoms with E-state index in [9.17, 15) is 22.0 Å². The number of aldehydes is 1. The number of alkyl halides is 2. The molecule has 1 atom stereocenters. The SMILES string of the molecule is Cc1cc(Nc2ncc(Cl)c(Nc3ccccc3S(=O)(=O)C(F)F)n2)c(OC(C)C)cc1C1CCN(C(C=O)N(C)C)CC1. The third-order valence-corrected chi connectivity index (χ3v) is 9.11. The van der Waals surface area contributed by atoms with Gasteiger partial charge in [0.2, 0.25) is 15.8 Å². The molecule has 2 heterocycles. The number of likely N-dealkylation sites (tertiary alicyclic amines) is 1. The van der Waals surface area contributed by atoms with Crippen LogP contribution in [-0.2, 0) is 14.6 Å². The van der Waals surface area contributed by atoms with Gasteiger partial charge in [-0.25, -0.2) is 13.4 Å². The molecular weight excluding hydrogens is 614 g/mol. The fraction of sp³-hybridized carbons (Fsp3) is 0.433. The van der Waals surface area contributed by atoms with Crippen molar-refractivity contribution in [1.29, 1.82) is 0 Å². The Bertz CT molecular complexity index is 1580. The Labute approximate surface area is 261 Å². The number of carbonyl (C=O) groups excluding carboxylic acids is 1. The number of hydrogen-bond donors (Lipinski definition) is 2. The number of rotatable bonds is 12. The van der Waals surface area contributed by atoms with Gasteiger partial charge in [-0.2, -0.15) is 13.8 Å². The summed E-state index contributed by atoms with van der Waals surface area (Å²) >= 11 is 6.30. The van der Waals surface area contributed by atoms with E-state index in [0.717, 1.165) is 49.4 Å². The molecule has 0 bridgehead atoms. The maximum Gasteiger partial charge on any atom is 0.341 e. The van der Waals surface area contributed by atoms with Gasteiger partial charge in [0.1, 0.15) is 16.9 Å². The molecule has 1 aliphatic heterocycles. The second kappa shape index (κ2) is 14.1. The number of piperidine rings is 1. The smallest absolute Gasteiger partial charge is 0.341 e. The molecule has 2 aromatic carbocycles. The first-order chi connectivity index (χ1) is 20.8. The van der Waals surface area contributed by atoms with Crippen molar-refractivity contribution in [2.45, 2.75) is 62.5 Å². The van der Waals surface area contributed by atoms with Crippen LogP contribution in [0.5, 0.6) is 5.75 Å². The van der Waals surface area contributed by atoms with E-state index >= 15 is 0 Å². The Morgan fingerprint density at radius 1 is 1.11 bits per heavy atom. The summed E-state index contributed by atoms with van der Waals surface area (Å²) in [5.74, 6) is -2.55. The molecule has 14 heteroatoms. The lowest BCUT2D eigenvalue weighted by Crippen LogP contribution is -2.49. The average Bonchev–Trinajstić information content (AvgIpc) is 2.96. The van der Waals surface area contributed by atoms with E-state index in [1.807, 2.05) is 51.9 Å². The molecule has 1 fully saturated rings. The normalized spacial score (nSPS) is 15.5. The third kappa shape index (κ3) is 7.63. The zero-order valence-corrected chi connectivity index (χ0v) is 26.8. The van der Waals surface area contributed by atoms with Crippen LogP contribution < -0.4 is 15.4 Å². The highest BCUT2D eigenvalue weighted by Crippen LogP contribution is 2.39. The predicted octanol–water partition coefficient (Wildman–Crippen LogP) is 5.98. The number of benzene rings is 2. The number of para-hydroxylation sites is 1. The van der Waals surface area contributed by atoms with Gasteiger partial charge in [0.25, 0.3) is 0 Å². The van der Waals surface area contributed by atoms with Crippen LogP contribution in [0, 0.1) is 6.92 Å². The molecule has 0 spiro atoms. The second-order valence-corrected chi connectivity index (χ2v) is 13.4. The molecule has 4 rings (SSSR count). The van der Waals surface area contributed by atoms with Crippen LogP contribution in [-0.4, -0.2) is 79.7 Å². The quantitative estimate of drug-likeness (QED) is 0.227. The number of nitrogens with zero attached hydrogens (tertiary/aromatic N) is 4. The maximum absolute atomic E-state index is 13.3. The molecule has 44 heavy (non-hydrogen) atoms. The van der Waals surface area contributed by atoms with Gasteiger partial charge in [0.15, 0.2) is 12.1 Å². The summed E-state index contributed by atoms with van der Waals surface area (Å²) in [5.41, 5.74) is 2.72. The van der Waals surface area contributed by atoms with Gasteiger partial charge in [0, 0.05) is 13.1 Å². The Morgan fingerprint density at radius 2 is 1.80 bits per heavy atom. The van der Waals surface area contributed by atoms with Crippen molar-refractivity contribution in [2.75, 3.05) is 37.8 Å². The van der Waals surface area contributed by atoms with Crippen LogP contribution in [0.25, 0.3) is 0 Å². The Hall–Kier alpha value is -3.39. The van der Waals surface area contributed by atoms with E-state index < -0.39 is 20.5 Å². The van der Waals surface area contributed by atoms with Crippen LogP contribution in [0.3, 0.4) is 0 Å². The topological polar surface area (TPSA) is 117 Å². The number of sulfone groups is 1. The molecule has 0 amide bonds. The van der Waals surface area contributed by atoms with Crippen LogP contribution in [0.1, 0.15) is 43.7 Å². The number of ether oxygens (including phenoxy) is 1. The first-order valence-electron chi connectivity index (χ1n) is 14.2. The highest BCUT2D eigenvalue weighted by Gasteiger charge is 2.30. The summed E-state index contributed by atoms with van der Waals surface area (Å²) in [6.45, 7) is 7.46. The number of halogens is 3. The molecular formula is C30H37ClF2N6O4S. The van der Waals surface area contributed by atoms with Gasteiger partial charge in [-0.1, -0.05) is 23.7 Å². The third-order valence-electron chi connectivity index (χ3n) is 7.40. The van der Waals surface area contributed by atoms with Gasteiger partial charge in [-0.05, 0) is 89.0 Å². The zero-order valence-electron chi connectivity index (χ0n) is 25.2. The van der Waals surface area contributed by atoms with E-state index in [4.69, 9.17) is 16.3 Å². The lowest BCUT2D eigenvalue weighted by Gasteiger charge is -2.38. The van der Waals surface area contributed by atoms with Gasteiger partial charge >= 0.3 is 5.76 Å². The zero-order chi connectivity index (χ0) is 32.2. The van der Waals surface area contributed by atoms with E-state index in [-0.39, 0.29) is 40.7 Å². The second-order valence-electron chi connectivity index (χ2n) is 11.1. The molecule has 10 nitrogen and oxygen atoms in total. The number of carbonyl (C=O) groups is 1. The van der Waals surface area contributed by atoms with Gasteiger partial charge in [0.05, 0.1) is 28.6 Å². The molecule has 0 aliphatic carbocycles. The molecule has 1 unspecified atom stereocenters. The van der Waals surface area contributed by atoms with Crippen LogP contribution in [0.4, 0.5) is 31.9 Å². The molecule has 1 aliphatic rings. The van der Waals surface area contributed by atoms with Crippen molar-refractivity contribution in [2.24, 2.45) is 0 Å². The number of aryl methyl sites for hydroxylation is 1. The minimum atomic E-state index is -4.88. The van der Waals surface area contributed by atoms with Crippen molar-refractivity contribution in [3.8, 4) is 5.75 Å². The number of likely N-dealkylation sites (N-methyl/N-ethyl adjacent to an activating group) is 1. The van der Waals surface area contributed by atoms with Gasteiger partial charge in [-0.3, -0.25) is 9.80 Å². The number of aromatic nitrogens is 2. The number of nitrogens with one attached hydrogen (secondary N) is 2. The predicted molar refractivity (Wildman–Crippen MR) is 167 cm³/mol. The fourth-order valence-electron chi connectivity index (χ4n) is 5.28. The molecule has 238 valence electrons. The summed E-state index contributed by atoms with van der Waals surface area (Å²) in [6.07, 6.45) is 3.71. The fourth-order valence-corrected chi connectivity index (χ4v) is 6.30. The van der Waals surface area contributed by atoms with Crippen molar-refractivity contribution in [3.05, 3.63) is 58.7 Å². The molecule has 0 radical (unpaired) electrons. The minimum Gasteiger partial charge on any atom is -0.489 e. The standard InChI is InChI=1S/C30H37ClF2N6O4S/c1-18(2)43-25-15-21(20-10-12-39(13-11-20)27(17-40)38(4)5)19(3)14-24(25)36-30-34-16-22(31)28(37-30)35-23-8-6-7-9-26(23)44(41,42)29(32)33/h6-9,14-18,20,27,29H,10-13H2,1-5H3,(H2,34,35,36,37). The molecule has 2 N–H and O–H groups in total. The van der Waals surface area contributed by atoms with E-state index in [1.54, 1.807) is 0 Å². The first kappa shape index (κ1) is 33.5. The van der Waals surface area contributed by atoms with Crippen LogP contribution >= 0.6 is 11.6 Å². The average molecular weight is 651 g/mol. The summed E-state index contributed by atoms with van der Waals surface area (Å²) < 4.78 is 57.2. The highest BCUT2D eigenvalue weighted by molar-refractivity contribution is 7.91. The molecule has 3 aromatic rings. The summed E-state index contributed by atoms with van der Waals surface area (Å²) in [7, 11) is -1.08. The lowest BCUT2D eigenvalue weighted by atomic mass is 9.86. The van der Waals surface area contributed by atoms with E-state index in [0.29, 0.717) is 11.4 Å². The number of anilines is 4. The minimum absolute atomic E-state index is 0.0267. The van der Waals surface area contributed by atoms with Crippen molar-refractivity contribution in [1.82, 2.24) is 19.8 Å². The lowest BCUT2D eigenvalue weighted by molar-refractivity contribution is -0.118. The van der Waals surface area contributed by atoms with E-state index in [2.05, 4.69) is 25.5 Å². The summed E-state index contributed by atoms with van der Waals surface area (Å²) in [4.78, 5) is 23.8. The monoisotopic (exact) mass is 650 g/mol. The Morgan fingerprint density at radius 3 is 2.41 bits per heavy atom. The number of hydrogen-bond acceptors (Lipinski definition) is 10.